The molecule has 3 rings (SSSR count). The van der Waals surface area contributed by atoms with Crippen molar-refractivity contribution in [2.75, 3.05) is 11.9 Å². The zero-order valence-corrected chi connectivity index (χ0v) is 15.7. The number of hydrogen-bond acceptors (Lipinski definition) is 5. The molecule has 0 saturated heterocycles. The van der Waals surface area contributed by atoms with Gasteiger partial charge in [-0.3, -0.25) is 19.7 Å². The van der Waals surface area contributed by atoms with Crippen LogP contribution in [-0.4, -0.2) is 22.0 Å². The molecular weight excluding hydrogens is 374 g/mol. The summed E-state index contributed by atoms with van der Waals surface area (Å²) >= 11 is 0. The number of anilines is 1. The molecule has 0 atom stereocenters. The van der Waals surface area contributed by atoms with Gasteiger partial charge in [0.05, 0.1) is 23.8 Å². The van der Waals surface area contributed by atoms with Crippen LogP contribution < -0.4 is 15.6 Å². The van der Waals surface area contributed by atoms with E-state index < -0.39 is 16.4 Å². The third kappa shape index (κ3) is 4.67. The number of ether oxygens (including phenoxy) is 1. The van der Waals surface area contributed by atoms with Crippen molar-refractivity contribution < 1.29 is 14.5 Å². The fourth-order valence-electron chi connectivity index (χ4n) is 2.84. The zero-order chi connectivity index (χ0) is 20.8. The lowest BCUT2D eigenvalue weighted by Gasteiger charge is -2.12. The Morgan fingerprint density at radius 1 is 1.14 bits per heavy atom. The summed E-state index contributed by atoms with van der Waals surface area (Å²) in [5, 5.41) is 13.6. The molecule has 1 amide bonds. The number of hydrogen-bond donors (Lipinski definition) is 1. The van der Waals surface area contributed by atoms with E-state index in [0.29, 0.717) is 23.6 Å². The maximum absolute atomic E-state index is 12.8. The first-order valence-corrected chi connectivity index (χ1v) is 8.95. The minimum absolute atomic E-state index is 0.0377. The van der Waals surface area contributed by atoms with E-state index in [1.807, 2.05) is 6.92 Å². The topological polar surface area (TPSA) is 103 Å². The highest BCUT2D eigenvalue weighted by Gasteiger charge is 2.15. The first kappa shape index (κ1) is 19.8. The van der Waals surface area contributed by atoms with Crippen molar-refractivity contribution in [3.05, 3.63) is 98.5 Å². The quantitative estimate of drug-likeness (QED) is 0.489. The molecule has 0 aliphatic carbocycles. The molecule has 0 radical (unpaired) electrons. The smallest absolute Gasteiger partial charge is 0.269 e. The maximum Gasteiger partial charge on any atom is 0.269 e. The Morgan fingerprint density at radius 3 is 2.69 bits per heavy atom. The van der Waals surface area contributed by atoms with Crippen LogP contribution >= 0.6 is 0 Å². The SMILES string of the molecule is CCOc1ccccc1NC(=O)c1cccn(Cc2cccc([N+](=O)[O-])c2)c1=O. The molecule has 0 spiro atoms. The molecule has 0 aliphatic rings. The number of carbonyl (C=O) groups is 1. The number of carbonyl (C=O) groups excluding carboxylic acids is 1. The van der Waals surface area contributed by atoms with E-state index in [4.69, 9.17) is 4.74 Å². The second kappa shape index (κ2) is 8.83. The average Bonchev–Trinajstić information content (AvgIpc) is 2.71. The summed E-state index contributed by atoms with van der Waals surface area (Å²) in [6.45, 7) is 2.38. The number of aromatic nitrogens is 1. The van der Waals surface area contributed by atoms with Crippen LogP contribution in [0.2, 0.25) is 0 Å². The summed E-state index contributed by atoms with van der Waals surface area (Å²) < 4.78 is 6.82. The van der Waals surface area contributed by atoms with Crippen molar-refractivity contribution in [3.63, 3.8) is 0 Å². The van der Waals surface area contributed by atoms with Crippen LogP contribution in [-0.2, 0) is 6.54 Å². The Bertz CT molecular complexity index is 1110. The third-order valence-electron chi connectivity index (χ3n) is 4.17. The Hall–Kier alpha value is -3.94. The standard InChI is InChI=1S/C21H19N3O5/c1-2-29-19-11-4-3-10-18(19)22-20(25)17-9-6-12-23(21(17)26)14-15-7-5-8-16(13-15)24(27)28/h3-13H,2,14H2,1H3,(H,22,25). The first-order chi connectivity index (χ1) is 14.0. The van der Waals surface area contributed by atoms with E-state index >= 15 is 0 Å². The number of nitrogens with one attached hydrogen (secondary N) is 1. The van der Waals surface area contributed by atoms with Crippen LogP contribution in [0.5, 0.6) is 5.75 Å². The van der Waals surface area contributed by atoms with E-state index in [0.717, 1.165) is 0 Å². The van der Waals surface area contributed by atoms with Crippen molar-refractivity contribution in [1.29, 1.82) is 0 Å². The lowest BCUT2D eigenvalue weighted by molar-refractivity contribution is -0.384. The fraction of sp³-hybridized carbons (Fsp3) is 0.143. The molecule has 3 aromatic rings. The molecule has 2 aromatic carbocycles. The molecular formula is C21H19N3O5. The number of nitro groups is 1. The Morgan fingerprint density at radius 2 is 1.93 bits per heavy atom. The van der Waals surface area contributed by atoms with Crippen molar-refractivity contribution in [2.45, 2.75) is 13.5 Å². The molecule has 0 bridgehead atoms. The predicted octanol–water partition coefficient (Wildman–Crippen LogP) is 3.46. The maximum atomic E-state index is 12.8. The van der Waals surface area contributed by atoms with Gasteiger partial charge >= 0.3 is 0 Å². The van der Waals surface area contributed by atoms with Gasteiger partial charge in [0.25, 0.3) is 17.2 Å². The molecule has 0 saturated carbocycles. The van der Waals surface area contributed by atoms with E-state index in [2.05, 4.69) is 5.32 Å². The first-order valence-electron chi connectivity index (χ1n) is 8.95. The summed E-state index contributed by atoms with van der Waals surface area (Å²) in [7, 11) is 0. The van der Waals surface area contributed by atoms with Gasteiger partial charge in [-0.1, -0.05) is 24.3 Å². The van der Waals surface area contributed by atoms with Gasteiger partial charge in [-0.2, -0.15) is 0 Å². The van der Waals surface area contributed by atoms with E-state index in [1.165, 1.54) is 29.0 Å². The molecule has 1 N–H and O–H groups in total. The summed E-state index contributed by atoms with van der Waals surface area (Å²) in [5.74, 6) is -0.0493. The summed E-state index contributed by atoms with van der Waals surface area (Å²) in [4.78, 5) is 35.9. The highest BCUT2D eigenvalue weighted by Crippen LogP contribution is 2.24. The van der Waals surface area contributed by atoms with Crippen LogP contribution in [0.25, 0.3) is 0 Å². The lowest BCUT2D eigenvalue weighted by Crippen LogP contribution is -2.29. The normalized spacial score (nSPS) is 10.4. The van der Waals surface area contributed by atoms with Crippen molar-refractivity contribution >= 4 is 17.3 Å². The Balaban J connectivity index is 1.85. The number of rotatable bonds is 7. The van der Waals surface area contributed by atoms with Crippen molar-refractivity contribution in [2.24, 2.45) is 0 Å². The molecule has 148 valence electrons. The zero-order valence-electron chi connectivity index (χ0n) is 15.7. The van der Waals surface area contributed by atoms with Gasteiger partial charge in [-0.05, 0) is 36.8 Å². The van der Waals surface area contributed by atoms with Gasteiger partial charge in [-0.15, -0.1) is 0 Å². The van der Waals surface area contributed by atoms with Gasteiger partial charge in [0.1, 0.15) is 11.3 Å². The van der Waals surface area contributed by atoms with Crippen LogP contribution in [0.15, 0.2) is 71.7 Å². The van der Waals surface area contributed by atoms with Crippen LogP contribution in [0, 0.1) is 10.1 Å². The van der Waals surface area contributed by atoms with Crippen LogP contribution in [0.4, 0.5) is 11.4 Å². The summed E-state index contributed by atoms with van der Waals surface area (Å²) in [6, 6.07) is 16.0. The number of nitro benzene ring substituents is 1. The number of benzene rings is 2. The molecule has 1 heterocycles. The molecule has 0 fully saturated rings. The predicted molar refractivity (Wildman–Crippen MR) is 108 cm³/mol. The van der Waals surface area contributed by atoms with Crippen LogP contribution in [0.3, 0.4) is 0 Å². The number of amides is 1. The number of non-ortho nitro benzene ring substituents is 1. The monoisotopic (exact) mass is 393 g/mol. The molecule has 0 unspecified atom stereocenters. The second-order valence-electron chi connectivity index (χ2n) is 6.17. The Labute approximate surface area is 166 Å². The summed E-state index contributed by atoms with van der Waals surface area (Å²) in [6.07, 6.45) is 1.53. The van der Waals surface area contributed by atoms with Gasteiger partial charge in [0.2, 0.25) is 0 Å². The molecule has 8 nitrogen and oxygen atoms in total. The van der Waals surface area contributed by atoms with Crippen molar-refractivity contribution in [1.82, 2.24) is 4.57 Å². The molecule has 0 aliphatic heterocycles. The Kier molecular flexibility index (Phi) is 6.03. The average molecular weight is 393 g/mol. The fourth-order valence-corrected chi connectivity index (χ4v) is 2.84. The highest BCUT2D eigenvalue weighted by atomic mass is 16.6. The van der Waals surface area contributed by atoms with E-state index in [9.17, 15) is 19.7 Å². The minimum Gasteiger partial charge on any atom is -0.492 e. The van der Waals surface area contributed by atoms with Gasteiger partial charge in [-0.25, -0.2) is 0 Å². The summed E-state index contributed by atoms with van der Waals surface area (Å²) in [5.41, 5.74) is 0.458. The third-order valence-corrected chi connectivity index (χ3v) is 4.17. The molecule has 1 aromatic heterocycles. The van der Waals surface area contributed by atoms with E-state index in [1.54, 1.807) is 42.5 Å². The van der Waals surface area contributed by atoms with Crippen LogP contribution in [0.1, 0.15) is 22.8 Å². The number of pyridine rings is 1. The second-order valence-corrected chi connectivity index (χ2v) is 6.17. The number of para-hydroxylation sites is 2. The highest BCUT2D eigenvalue weighted by molar-refractivity contribution is 6.04. The van der Waals surface area contributed by atoms with Gasteiger partial charge < -0.3 is 14.6 Å². The minimum atomic E-state index is -0.560. The van der Waals surface area contributed by atoms with Gasteiger partial charge in [0.15, 0.2) is 0 Å². The lowest BCUT2D eigenvalue weighted by atomic mass is 10.2. The van der Waals surface area contributed by atoms with E-state index in [-0.39, 0.29) is 17.8 Å². The number of nitrogens with zero attached hydrogens (tertiary/aromatic N) is 2. The largest absolute Gasteiger partial charge is 0.492 e. The molecule has 8 heteroatoms. The van der Waals surface area contributed by atoms with Gasteiger partial charge in [0, 0.05) is 18.3 Å². The van der Waals surface area contributed by atoms with Crippen molar-refractivity contribution in [3.8, 4) is 5.75 Å². The molecule has 29 heavy (non-hydrogen) atoms.